The first kappa shape index (κ1) is 13.6. The van der Waals surface area contributed by atoms with Gasteiger partial charge < -0.3 is 14.7 Å². The highest BCUT2D eigenvalue weighted by molar-refractivity contribution is 5.78. The van der Waals surface area contributed by atoms with Gasteiger partial charge in [-0.1, -0.05) is 6.92 Å². The van der Waals surface area contributed by atoms with Crippen molar-refractivity contribution < 1.29 is 14.6 Å². The molecule has 0 atom stereocenters. The number of likely N-dealkylation sites (N-methyl/N-ethyl adjacent to an activating group) is 1. The molecule has 1 saturated heterocycles. The number of carbonyl (C=O) groups excluding carboxylic acids is 1. The van der Waals surface area contributed by atoms with Crippen LogP contribution in [-0.2, 0) is 9.53 Å². The third kappa shape index (κ3) is 4.60. The van der Waals surface area contributed by atoms with Gasteiger partial charge in [0.15, 0.2) is 0 Å². The summed E-state index contributed by atoms with van der Waals surface area (Å²) in [6.07, 6.45) is 2.57. The first-order valence-electron chi connectivity index (χ1n) is 6.06. The van der Waals surface area contributed by atoms with Gasteiger partial charge in [0.1, 0.15) is 5.78 Å². The summed E-state index contributed by atoms with van der Waals surface area (Å²) in [7, 11) is 1.95. The molecule has 0 aliphatic carbocycles. The Kier molecular flexibility index (Phi) is 5.38. The van der Waals surface area contributed by atoms with E-state index in [4.69, 9.17) is 4.74 Å². The summed E-state index contributed by atoms with van der Waals surface area (Å²) in [5.41, 5.74) is -0.623. The Hall–Kier alpha value is -0.450. The van der Waals surface area contributed by atoms with Crippen LogP contribution in [0.25, 0.3) is 0 Å². The van der Waals surface area contributed by atoms with E-state index in [0.717, 1.165) is 6.54 Å². The molecule has 1 heterocycles. The zero-order chi connectivity index (χ0) is 12.0. The fraction of sp³-hybridized carbons (Fsp3) is 0.917. The Balaban J connectivity index is 2.26. The summed E-state index contributed by atoms with van der Waals surface area (Å²) in [6.45, 7) is 4.52. The smallest absolute Gasteiger partial charge is 0.133 e. The van der Waals surface area contributed by atoms with Crippen LogP contribution in [0.4, 0.5) is 0 Å². The molecule has 1 rings (SSSR count). The highest BCUT2D eigenvalue weighted by atomic mass is 16.5. The van der Waals surface area contributed by atoms with E-state index >= 15 is 0 Å². The van der Waals surface area contributed by atoms with Crippen LogP contribution < -0.4 is 0 Å². The first-order valence-corrected chi connectivity index (χ1v) is 6.06. The normalized spacial score (nSPS) is 20.0. The van der Waals surface area contributed by atoms with Crippen LogP contribution in [0, 0.1) is 0 Å². The maximum Gasteiger partial charge on any atom is 0.133 e. The second-order valence-corrected chi connectivity index (χ2v) is 4.72. The average Bonchev–Trinajstić information content (AvgIpc) is 2.26. The van der Waals surface area contributed by atoms with E-state index in [1.54, 1.807) is 0 Å². The van der Waals surface area contributed by atoms with Crippen molar-refractivity contribution in [1.29, 1.82) is 0 Å². The third-order valence-electron chi connectivity index (χ3n) is 3.15. The lowest BCUT2D eigenvalue weighted by Crippen LogP contribution is -2.46. The lowest BCUT2D eigenvalue weighted by molar-refractivity contribution is -0.119. The molecule has 0 amide bonds. The largest absolute Gasteiger partial charge is 0.388 e. The quantitative estimate of drug-likeness (QED) is 0.733. The number of rotatable bonds is 6. The highest BCUT2D eigenvalue weighted by Gasteiger charge is 2.30. The molecule has 16 heavy (non-hydrogen) atoms. The minimum atomic E-state index is -0.623. The van der Waals surface area contributed by atoms with E-state index in [1.807, 2.05) is 18.9 Å². The van der Waals surface area contributed by atoms with Gasteiger partial charge in [-0.15, -0.1) is 0 Å². The van der Waals surface area contributed by atoms with Crippen molar-refractivity contribution in [2.24, 2.45) is 0 Å². The molecular weight excluding hydrogens is 206 g/mol. The summed E-state index contributed by atoms with van der Waals surface area (Å²) >= 11 is 0. The van der Waals surface area contributed by atoms with Gasteiger partial charge in [0.25, 0.3) is 0 Å². The fourth-order valence-electron chi connectivity index (χ4n) is 1.98. The first-order chi connectivity index (χ1) is 7.56. The molecule has 4 nitrogen and oxygen atoms in total. The summed E-state index contributed by atoms with van der Waals surface area (Å²) in [5, 5.41) is 10.3. The van der Waals surface area contributed by atoms with Crippen molar-refractivity contribution in [1.82, 2.24) is 4.90 Å². The molecule has 0 spiro atoms. The van der Waals surface area contributed by atoms with Gasteiger partial charge in [-0.05, 0) is 7.05 Å². The number of Topliss-reactive ketones (excluding diaryl/α,β-unsaturated/α-hetero) is 1. The van der Waals surface area contributed by atoms with Crippen LogP contribution in [-0.4, -0.2) is 54.7 Å². The lowest BCUT2D eigenvalue weighted by atomic mass is 9.94. The molecule has 0 saturated carbocycles. The molecule has 0 aromatic rings. The van der Waals surface area contributed by atoms with Crippen molar-refractivity contribution in [3.05, 3.63) is 0 Å². The van der Waals surface area contributed by atoms with Gasteiger partial charge in [-0.2, -0.15) is 0 Å². The summed E-state index contributed by atoms with van der Waals surface area (Å²) in [5.74, 6) is 0.283. The summed E-state index contributed by atoms with van der Waals surface area (Å²) in [6, 6.07) is 0. The number of aliphatic hydroxyl groups is 1. The summed E-state index contributed by atoms with van der Waals surface area (Å²) in [4.78, 5) is 13.2. The standard InChI is InChI=1S/C12H23NO3/c1-3-11(14)4-7-13(2)10-12(15)5-8-16-9-6-12/h15H,3-10H2,1-2H3. The van der Waals surface area contributed by atoms with E-state index < -0.39 is 5.60 Å². The number of carbonyl (C=O) groups is 1. The maximum atomic E-state index is 11.2. The second-order valence-electron chi connectivity index (χ2n) is 4.72. The van der Waals surface area contributed by atoms with Gasteiger partial charge in [-0.25, -0.2) is 0 Å². The molecule has 4 heteroatoms. The molecule has 0 bridgehead atoms. The number of hydrogen-bond donors (Lipinski definition) is 1. The van der Waals surface area contributed by atoms with Crippen LogP contribution >= 0.6 is 0 Å². The maximum absolute atomic E-state index is 11.2. The predicted molar refractivity (Wildman–Crippen MR) is 62.4 cm³/mol. The summed E-state index contributed by atoms with van der Waals surface area (Å²) < 4.78 is 5.23. The molecule has 0 radical (unpaired) electrons. The molecule has 0 aromatic carbocycles. The van der Waals surface area contributed by atoms with Crippen LogP contribution in [0.5, 0.6) is 0 Å². The van der Waals surface area contributed by atoms with E-state index in [2.05, 4.69) is 0 Å². The monoisotopic (exact) mass is 229 g/mol. The Morgan fingerprint density at radius 3 is 2.62 bits per heavy atom. The SMILES string of the molecule is CCC(=O)CCN(C)CC1(O)CCOCC1. The molecule has 0 aromatic heterocycles. The Labute approximate surface area is 97.6 Å². The molecule has 94 valence electrons. The molecule has 1 aliphatic rings. The van der Waals surface area contributed by atoms with Crippen LogP contribution in [0.15, 0.2) is 0 Å². The fourth-order valence-corrected chi connectivity index (χ4v) is 1.98. The molecular formula is C12H23NO3. The zero-order valence-corrected chi connectivity index (χ0v) is 10.4. The van der Waals surface area contributed by atoms with Crippen molar-refractivity contribution in [3.63, 3.8) is 0 Å². The average molecular weight is 229 g/mol. The minimum absolute atomic E-state index is 0.283. The van der Waals surface area contributed by atoms with Gasteiger partial charge in [0, 0.05) is 52.0 Å². The number of ether oxygens (including phenoxy) is 1. The van der Waals surface area contributed by atoms with E-state index in [-0.39, 0.29) is 5.78 Å². The Morgan fingerprint density at radius 2 is 2.06 bits per heavy atom. The minimum Gasteiger partial charge on any atom is -0.388 e. The topological polar surface area (TPSA) is 49.8 Å². The van der Waals surface area contributed by atoms with Gasteiger partial charge in [-0.3, -0.25) is 4.79 Å². The van der Waals surface area contributed by atoms with Crippen molar-refractivity contribution in [2.75, 3.05) is 33.4 Å². The molecule has 1 fully saturated rings. The molecule has 0 unspecified atom stereocenters. The Morgan fingerprint density at radius 1 is 1.44 bits per heavy atom. The van der Waals surface area contributed by atoms with E-state index in [0.29, 0.717) is 45.4 Å². The third-order valence-corrected chi connectivity index (χ3v) is 3.15. The Bertz CT molecular complexity index is 224. The second kappa shape index (κ2) is 6.33. The van der Waals surface area contributed by atoms with Gasteiger partial charge in [0.05, 0.1) is 5.60 Å². The van der Waals surface area contributed by atoms with Gasteiger partial charge in [0.2, 0.25) is 0 Å². The number of nitrogens with zero attached hydrogens (tertiary/aromatic N) is 1. The number of hydrogen-bond acceptors (Lipinski definition) is 4. The van der Waals surface area contributed by atoms with Crippen molar-refractivity contribution >= 4 is 5.78 Å². The number of ketones is 1. The van der Waals surface area contributed by atoms with E-state index in [1.165, 1.54) is 0 Å². The van der Waals surface area contributed by atoms with Crippen LogP contribution in [0.1, 0.15) is 32.6 Å². The van der Waals surface area contributed by atoms with Crippen molar-refractivity contribution in [3.8, 4) is 0 Å². The molecule has 1 aliphatic heterocycles. The van der Waals surface area contributed by atoms with E-state index in [9.17, 15) is 9.90 Å². The zero-order valence-electron chi connectivity index (χ0n) is 10.4. The van der Waals surface area contributed by atoms with Crippen molar-refractivity contribution in [2.45, 2.75) is 38.2 Å². The lowest BCUT2D eigenvalue weighted by Gasteiger charge is -2.35. The van der Waals surface area contributed by atoms with Gasteiger partial charge >= 0.3 is 0 Å². The highest BCUT2D eigenvalue weighted by Crippen LogP contribution is 2.21. The molecule has 1 N–H and O–H groups in total. The van der Waals surface area contributed by atoms with Crippen LogP contribution in [0.2, 0.25) is 0 Å². The predicted octanol–water partition coefficient (Wildman–Crippen LogP) is 0.829. The van der Waals surface area contributed by atoms with Crippen LogP contribution in [0.3, 0.4) is 0 Å².